The van der Waals surface area contributed by atoms with Gasteiger partial charge in [0.05, 0.1) is 6.20 Å². The topological polar surface area (TPSA) is 83.5 Å². The molecule has 1 aromatic heterocycles. The van der Waals surface area contributed by atoms with Crippen molar-refractivity contribution in [2.75, 3.05) is 18.5 Å². The molecule has 1 rings (SSSR count). The van der Waals surface area contributed by atoms with Crippen LogP contribution in [0.15, 0.2) is 6.20 Å². The van der Waals surface area contributed by atoms with Gasteiger partial charge >= 0.3 is 0 Å². The minimum atomic E-state index is -0.580. The number of aliphatic hydroxyl groups excluding tert-OH is 1. The van der Waals surface area contributed by atoms with E-state index in [1.54, 1.807) is 0 Å². The minimum Gasteiger partial charge on any atom is -0.467 e. The van der Waals surface area contributed by atoms with Crippen LogP contribution < -0.4 is 15.4 Å². The molecule has 6 nitrogen and oxygen atoms in total. The fraction of sp³-hybridized carbons (Fsp3) is 0.600. The van der Waals surface area contributed by atoms with E-state index in [1.165, 1.54) is 17.5 Å². The lowest BCUT2D eigenvalue weighted by Gasteiger charge is -2.13. The summed E-state index contributed by atoms with van der Waals surface area (Å²) in [5.41, 5.74) is 0. The number of carbonyl (C=O) groups is 1. The third kappa shape index (κ3) is 5.62. The highest BCUT2D eigenvalue weighted by Gasteiger charge is 2.08. The lowest BCUT2D eigenvalue weighted by atomic mass is 10.3. The Morgan fingerprint density at radius 3 is 3.06 bits per heavy atom. The molecule has 0 aliphatic carbocycles. The van der Waals surface area contributed by atoms with Crippen LogP contribution in [0.3, 0.4) is 0 Å². The molecule has 0 spiro atoms. The smallest absolute Gasteiger partial charge is 0.275 e. The van der Waals surface area contributed by atoms with Gasteiger partial charge < -0.3 is 20.5 Å². The number of hydrogen-bond acceptors (Lipinski definition) is 6. The van der Waals surface area contributed by atoms with Gasteiger partial charge in [-0.05, 0) is 0 Å². The first-order chi connectivity index (χ1) is 8.11. The van der Waals surface area contributed by atoms with Crippen LogP contribution in [-0.4, -0.2) is 41.8 Å². The Balaban J connectivity index is 2.26. The van der Waals surface area contributed by atoms with Crippen molar-refractivity contribution in [2.24, 2.45) is 0 Å². The standard InChI is InChI=1S/C10H17N3O3S/c1-7(2)11-3-8(15)5-16-10-12-4-9(17-10)13-6-14/h4,6-8,11,15H,3,5H2,1-2H3,(H,13,14). The van der Waals surface area contributed by atoms with Crippen LogP contribution in [0.25, 0.3) is 0 Å². The third-order valence-electron chi connectivity index (χ3n) is 1.85. The summed E-state index contributed by atoms with van der Waals surface area (Å²) in [4.78, 5) is 14.1. The molecule has 1 atom stereocenters. The number of thiazole rings is 1. The number of nitrogens with zero attached hydrogens (tertiary/aromatic N) is 1. The quantitative estimate of drug-likeness (QED) is 0.590. The van der Waals surface area contributed by atoms with Crippen molar-refractivity contribution in [3.05, 3.63) is 6.20 Å². The highest BCUT2D eigenvalue weighted by atomic mass is 32.1. The molecule has 0 saturated carbocycles. The highest BCUT2D eigenvalue weighted by Crippen LogP contribution is 2.24. The maximum atomic E-state index is 10.2. The fourth-order valence-electron chi connectivity index (χ4n) is 1.05. The van der Waals surface area contributed by atoms with Crippen molar-refractivity contribution in [1.82, 2.24) is 10.3 Å². The summed E-state index contributed by atoms with van der Waals surface area (Å²) in [5.74, 6) is 0. The van der Waals surface area contributed by atoms with E-state index in [2.05, 4.69) is 15.6 Å². The summed E-state index contributed by atoms with van der Waals surface area (Å²) in [6.07, 6.45) is 1.51. The van der Waals surface area contributed by atoms with E-state index in [0.717, 1.165) is 0 Å². The molecule has 96 valence electrons. The Bertz CT molecular complexity index is 343. The Labute approximate surface area is 104 Å². The zero-order valence-electron chi connectivity index (χ0n) is 9.84. The lowest BCUT2D eigenvalue weighted by Crippen LogP contribution is -2.35. The molecule has 0 aliphatic heterocycles. The van der Waals surface area contributed by atoms with Gasteiger partial charge in [-0.2, -0.15) is 0 Å². The molecule has 7 heteroatoms. The van der Waals surface area contributed by atoms with Gasteiger partial charge in [-0.25, -0.2) is 4.98 Å². The summed E-state index contributed by atoms with van der Waals surface area (Å²) in [5, 5.41) is 16.2. The first kappa shape index (κ1) is 13.9. The molecule has 17 heavy (non-hydrogen) atoms. The largest absolute Gasteiger partial charge is 0.467 e. The number of nitrogens with one attached hydrogen (secondary N) is 2. The van der Waals surface area contributed by atoms with Gasteiger partial charge in [0.15, 0.2) is 0 Å². The van der Waals surface area contributed by atoms with Crippen molar-refractivity contribution in [1.29, 1.82) is 0 Å². The minimum absolute atomic E-state index is 0.174. The first-order valence-electron chi connectivity index (χ1n) is 5.32. The lowest BCUT2D eigenvalue weighted by molar-refractivity contribution is -0.105. The van der Waals surface area contributed by atoms with Gasteiger partial charge in [0.25, 0.3) is 5.19 Å². The summed E-state index contributed by atoms with van der Waals surface area (Å²) < 4.78 is 5.29. The van der Waals surface area contributed by atoms with E-state index in [-0.39, 0.29) is 6.61 Å². The zero-order valence-corrected chi connectivity index (χ0v) is 10.7. The number of aromatic nitrogens is 1. The number of rotatable bonds is 8. The Morgan fingerprint density at radius 2 is 2.41 bits per heavy atom. The second-order valence-electron chi connectivity index (χ2n) is 3.78. The second-order valence-corrected chi connectivity index (χ2v) is 4.77. The predicted molar refractivity (Wildman–Crippen MR) is 66.4 cm³/mol. The summed E-state index contributed by atoms with van der Waals surface area (Å²) >= 11 is 1.22. The molecule has 0 aliphatic rings. The molecular weight excluding hydrogens is 242 g/mol. The molecule has 1 unspecified atom stereocenters. The van der Waals surface area contributed by atoms with Gasteiger partial charge in [0.2, 0.25) is 6.41 Å². The van der Waals surface area contributed by atoms with Crippen molar-refractivity contribution in [2.45, 2.75) is 26.0 Å². The molecule has 0 fully saturated rings. The van der Waals surface area contributed by atoms with Crippen LogP contribution in [0.4, 0.5) is 5.00 Å². The number of hydrogen-bond donors (Lipinski definition) is 3. The SMILES string of the molecule is CC(C)NCC(O)COc1ncc(NC=O)s1. The summed E-state index contributed by atoms with van der Waals surface area (Å²) in [6, 6.07) is 0.327. The van der Waals surface area contributed by atoms with E-state index in [1.807, 2.05) is 13.8 Å². The predicted octanol–water partition coefficient (Wildman–Crippen LogP) is 0.449. The van der Waals surface area contributed by atoms with Crippen LogP contribution >= 0.6 is 11.3 Å². The Kier molecular flexibility index (Phi) is 5.88. The van der Waals surface area contributed by atoms with E-state index in [9.17, 15) is 9.90 Å². The third-order valence-corrected chi connectivity index (χ3v) is 2.69. The normalized spacial score (nSPS) is 12.5. The van der Waals surface area contributed by atoms with Gasteiger partial charge in [-0.15, -0.1) is 0 Å². The number of amides is 1. The first-order valence-corrected chi connectivity index (χ1v) is 6.13. The van der Waals surface area contributed by atoms with Crippen LogP contribution in [0.2, 0.25) is 0 Å². The molecule has 1 aromatic rings. The monoisotopic (exact) mass is 259 g/mol. The Hall–Kier alpha value is -1.18. The van der Waals surface area contributed by atoms with Gasteiger partial charge in [-0.3, -0.25) is 4.79 Å². The maximum absolute atomic E-state index is 10.2. The van der Waals surface area contributed by atoms with Gasteiger partial charge in [0.1, 0.15) is 17.7 Å². The number of carbonyl (C=O) groups excluding carboxylic acids is 1. The van der Waals surface area contributed by atoms with Crippen molar-refractivity contribution in [3.8, 4) is 5.19 Å². The molecule has 1 heterocycles. The second kappa shape index (κ2) is 7.21. The maximum Gasteiger partial charge on any atom is 0.275 e. The van der Waals surface area contributed by atoms with E-state index >= 15 is 0 Å². The fourth-order valence-corrected chi connectivity index (χ4v) is 1.68. The summed E-state index contributed by atoms with van der Waals surface area (Å²) in [6.45, 7) is 4.66. The van der Waals surface area contributed by atoms with Gasteiger partial charge in [0, 0.05) is 12.6 Å². The van der Waals surface area contributed by atoms with Crippen molar-refractivity contribution in [3.63, 3.8) is 0 Å². The van der Waals surface area contributed by atoms with Crippen LogP contribution in [0.5, 0.6) is 5.19 Å². The summed E-state index contributed by atoms with van der Waals surface area (Å²) in [7, 11) is 0. The van der Waals surface area contributed by atoms with E-state index in [4.69, 9.17) is 4.74 Å². The molecule has 0 radical (unpaired) electrons. The van der Waals surface area contributed by atoms with Crippen LogP contribution in [0.1, 0.15) is 13.8 Å². The molecule has 0 saturated heterocycles. The van der Waals surface area contributed by atoms with Gasteiger partial charge in [-0.1, -0.05) is 25.2 Å². The van der Waals surface area contributed by atoms with Crippen LogP contribution in [0, 0.1) is 0 Å². The average molecular weight is 259 g/mol. The van der Waals surface area contributed by atoms with Crippen molar-refractivity contribution >= 4 is 22.7 Å². The molecule has 1 amide bonds. The average Bonchev–Trinajstić information content (AvgIpc) is 2.72. The molecule has 0 aromatic carbocycles. The number of aliphatic hydroxyl groups is 1. The molecule has 3 N–H and O–H groups in total. The van der Waals surface area contributed by atoms with E-state index in [0.29, 0.717) is 29.2 Å². The molecular formula is C10H17N3O3S. The number of anilines is 1. The van der Waals surface area contributed by atoms with E-state index < -0.39 is 6.10 Å². The molecule has 0 bridgehead atoms. The van der Waals surface area contributed by atoms with Crippen LogP contribution in [-0.2, 0) is 4.79 Å². The highest BCUT2D eigenvalue weighted by molar-refractivity contribution is 7.17. The van der Waals surface area contributed by atoms with Crippen molar-refractivity contribution < 1.29 is 14.6 Å². The Morgan fingerprint density at radius 1 is 1.65 bits per heavy atom. The zero-order chi connectivity index (χ0) is 12.7. The number of ether oxygens (including phenoxy) is 1.